The summed E-state index contributed by atoms with van der Waals surface area (Å²) >= 11 is 5.79. The largest absolute Gasteiger partial charge is 0.403 e. The summed E-state index contributed by atoms with van der Waals surface area (Å²) in [5, 5.41) is 13.4. The van der Waals surface area contributed by atoms with Crippen LogP contribution in [0.1, 0.15) is 5.56 Å². The van der Waals surface area contributed by atoms with Crippen LogP contribution in [0.2, 0.25) is 5.02 Å². The third kappa shape index (κ3) is 3.87. The molecule has 6 nitrogen and oxygen atoms in total. The number of carbonyl (C=O) groups excluding carboxylic acids is 1. The number of nitrogens with zero attached hydrogens (tertiary/aromatic N) is 2. The highest BCUT2D eigenvalue weighted by Crippen LogP contribution is 2.20. The monoisotopic (exact) mass is 328 g/mol. The third-order valence-corrected chi connectivity index (χ3v) is 3.30. The molecule has 2 N–H and O–H groups in total. The Hall–Kier alpha value is -2.86. The maximum atomic E-state index is 11.9. The normalized spacial score (nSPS) is 10.3. The van der Waals surface area contributed by atoms with Crippen molar-refractivity contribution in [2.45, 2.75) is 6.92 Å². The van der Waals surface area contributed by atoms with E-state index in [1.54, 1.807) is 24.3 Å². The molecule has 0 aliphatic rings. The summed E-state index contributed by atoms with van der Waals surface area (Å²) < 4.78 is 5.42. The first kappa shape index (κ1) is 15.1. The van der Waals surface area contributed by atoms with Crippen molar-refractivity contribution in [2.75, 3.05) is 10.6 Å². The fraction of sp³-hybridized carbons (Fsp3) is 0.0625. The van der Waals surface area contributed by atoms with Crippen molar-refractivity contribution < 1.29 is 9.21 Å². The number of hydrogen-bond donors (Lipinski definition) is 2. The summed E-state index contributed by atoms with van der Waals surface area (Å²) in [7, 11) is 0. The number of benzene rings is 2. The van der Waals surface area contributed by atoms with Gasteiger partial charge in [0.25, 0.3) is 0 Å². The summed E-state index contributed by atoms with van der Waals surface area (Å²) in [6.45, 7) is 1.99. The Labute approximate surface area is 137 Å². The van der Waals surface area contributed by atoms with Crippen molar-refractivity contribution in [1.29, 1.82) is 0 Å². The number of aryl methyl sites for hydroxylation is 1. The Morgan fingerprint density at radius 1 is 1.00 bits per heavy atom. The van der Waals surface area contributed by atoms with Gasteiger partial charge in [0.1, 0.15) is 0 Å². The molecule has 1 heterocycles. The number of rotatable bonds is 3. The Balaban J connectivity index is 1.65. The van der Waals surface area contributed by atoms with E-state index in [1.807, 2.05) is 31.2 Å². The molecule has 3 rings (SSSR count). The van der Waals surface area contributed by atoms with Gasteiger partial charge in [-0.3, -0.25) is 5.32 Å². The van der Waals surface area contributed by atoms with E-state index in [4.69, 9.17) is 16.0 Å². The van der Waals surface area contributed by atoms with Gasteiger partial charge in [-0.2, -0.15) is 0 Å². The zero-order chi connectivity index (χ0) is 16.2. The molecule has 0 bridgehead atoms. The third-order valence-electron chi connectivity index (χ3n) is 3.05. The van der Waals surface area contributed by atoms with Crippen LogP contribution in [0, 0.1) is 6.92 Å². The van der Waals surface area contributed by atoms with Gasteiger partial charge in [-0.25, -0.2) is 4.79 Å². The zero-order valence-corrected chi connectivity index (χ0v) is 13.0. The van der Waals surface area contributed by atoms with Crippen LogP contribution in [-0.4, -0.2) is 16.2 Å². The lowest BCUT2D eigenvalue weighted by molar-refractivity contribution is 0.261. The molecule has 0 saturated carbocycles. The van der Waals surface area contributed by atoms with Gasteiger partial charge in [-0.1, -0.05) is 34.4 Å². The predicted octanol–water partition coefficient (Wildman–Crippen LogP) is 4.34. The fourth-order valence-electron chi connectivity index (χ4n) is 1.88. The molecule has 0 unspecified atom stereocenters. The molecule has 0 radical (unpaired) electrons. The summed E-state index contributed by atoms with van der Waals surface area (Å²) in [4.78, 5) is 11.9. The van der Waals surface area contributed by atoms with E-state index in [0.717, 1.165) is 11.1 Å². The van der Waals surface area contributed by atoms with E-state index in [9.17, 15) is 4.79 Å². The lowest BCUT2D eigenvalue weighted by Crippen LogP contribution is -2.19. The molecule has 2 aromatic carbocycles. The number of carbonyl (C=O) groups is 1. The zero-order valence-electron chi connectivity index (χ0n) is 12.2. The second-order valence-electron chi connectivity index (χ2n) is 4.86. The molecule has 0 spiro atoms. The molecule has 7 heteroatoms. The second-order valence-corrected chi connectivity index (χ2v) is 5.30. The average Bonchev–Trinajstić information content (AvgIpc) is 2.98. The van der Waals surface area contributed by atoms with E-state index in [1.165, 1.54) is 0 Å². The van der Waals surface area contributed by atoms with Crippen LogP contribution >= 0.6 is 11.6 Å². The van der Waals surface area contributed by atoms with E-state index >= 15 is 0 Å². The fourth-order valence-corrected chi connectivity index (χ4v) is 2.01. The maximum Gasteiger partial charge on any atom is 0.327 e. The SMILES string of the molecule is Cc1ccc(-c2nnc(NC(=O)Nc3ccc(Cl)cc3)o2)cc1. The van der Waals surface area contributed by atoms with Crippen LogP contribution in [0.25, 0.3) is 11.5 Å². The molecule has 0 saturated heterocycles. The number of aromatic nitrogens is 2. The number of amides is 2. The summed E-state index contributed by atoms with van der Waals surface area (Å²) in [6.07, 6.45) is 0. The van der Waals surface area contributed by atoms with Gasteiger partial charge in [0.2, 0.25) is 5.89 Å². The minimum absolute atomic E-state index is 0.0204. The molecule has 1 aromatic heterocycles. The van der Waals surface area contributed by atoms with Crippen LogP contribution in [-0.2, 0) is 0 Å². The van der Waals surface area contributed by atoms with Crippen molar-refractivity contribution in [1.82, 2.24) is 10.2 Å². The first-order valence-corrected chi connectivity index (χ1v) is 7.22. The minimum Gasteiger partial charge on any atom is -0.403 e. The topological polar surface area (TPSA) is 80.0 Å². The quantitative estimate of drug-likeness (QED) is 0.749. The van der Waals surface area contributed by atoms with Crippen molar-refractivity contribution in [3.63, 3.8) is 0 Å². The molecule has 0 fully saturated rings. The summed E-state index contributed by atoms with van der Waals surface area (Å²) in [5.74, 6) is 0.340. The first-order chi connectivity index (χ1) is 11.1. The van der Waals surface area contributed by atoms with E-state index in [-0.39, 0.29) is 6.01 Å². The molecule has 3 aromatic rings. The van der Waals surface area contributed by atoms with E-state index in [0.29, 0.717) is 16.6 Å². The molecule has 2 amide bonds. The molecule has 23 heavy (non-hydrogen) atoms. The van der Waals surface area contributed by atoms with Crippen LogP contribution in [0.15, 0.2) is 52.9 Å². The van der Waals surface area contributed by atoms with E-state index < -0.39 is 6.03 Å². The smallest absolute Gasteiger partial charge is 0.327 e. The lowest BCUT2D eigenvalue weighted by atomic mass is 10.1. The van der Waals surface area contributed by atoms with Gasteiger partial charge in [0.15, 0.2) is 0 Å². The van der Waals surface area contributed by atoms with Crippen LogP contribution in [0.4, 0.5) is 16.5 Å². The second kappa shape index (κ2) is 6.50. The van der Waals surface area contributed by atoms with Gasteiger partial charge in [0.05, 0.1) is 0 Å². The highest BCUT2D eigenvalue weighted by Gasteiger charge is 2.11. The molecule has 116 valence electrons. The summed E-state index contributed by atoms with van der Waals surface area (Å²) in [6, 6.07) is 13.9. The van der Waals surface area contributed by atoms with Crippen molar-refractivity contribution in [3.8, 4) is 11.5 Å². The highest BCUT2D eigenvalue weighted by atomic mass is 35.5. The average molecular weight is 329 g/mol. The number of hydrogen-bond acceptors (Lipinski definition) is 4. The van der Waals surface area contributed by atoms with Crippen molar-refractivity contribution in [2.24, 2.45) is 0 Å². The first-order valence-electron chi connectivity index (χ1n) is 6.84. The van der Waals surface area contributed by atoms with Crippen molar-refractivity contribution in [3.05, 3.63) is 59.1 Å². The van der Waals surface area contributed by atoms with E-state index in [2.05, 4.69) is 20.8 Å². The number of urea groups is 1. The number of nitrogens with one attached hydrogen (secondary N) is 2. The van der Waals surface area contributed by atoms with Gasteiger partial charge in [-0.05, 0) is 43.3 Å². The predicted molar refractivity (Wildman–Crippen MR) is 88.6 cm³/mol. The van der Waals surface area contributed by atoms with Gasteiger partial charge < -0.3 is 9.73 Å². The standard InChI is InChI=1S/C16H13ClN4O2/c1-10-2-4-11(5-3-10)14-20-21-16(23-14)19-15(22)18-13-8-6-12(17)7-9-13/h2-9H,1H3,(H2,18,19,21,22). The molecule has 0 aliphatic carbocycles. The minimum atomic E-state index is -0.480. The van der Waals surface area contributed by atoms with Crippen molar-refractivity contribution >= 4 is 29.3 Å². The Morgan fingerprint density at radius 3 is 2.39 bits per heavy atom. The Kier molecular flexibility index (Phi) is 4.25. The van der Waals surface area contributed by atoms with Crippen LogP contribution < -0.4 is 10.6 Å². The molecular weight excluding hydrogens is 316 g/mol. The Bertz CT molecular complexity index is 813. The summed E-state index contributed by atoms with van der Waals surface area (Å²) in [5.41, 5.74) is 2.52. The Morgan fingerprint density at radius 2 is 1.70 bits per heavy atom. The van der Waals surface area contributed by atoms with Gasteiger partial charge in [0, 0.05) is 16.3 Å². The van der Waals surface area contributed by atoms with Gasteiger partial charge >= 0.3 is 12.0 Å². The van der Waals surface area contributed by atoms with Crippen LogP contribution in [0.3, 0.4) is 0 Å². The lowest BCUT2D eigenvalue weighted by Gasteiger charge is -2.04. The molecule has 0 atom stereocenters. The number of anilines is 2. The molecular formula is C16H13ClN4O2. The van der Waals surface area contributed by atoms with Gasteiger partial charge in [-0.15, -0.1) is 5.10 Å². The van der Waals surface area contributed by atoms with Crippen LogP contribution in [0.5, 0.6) is 0 Å². The molecule has 0 aliphatic heterocycles. The highest BCUT2D eigenvalue weighted by molar-refractivity contribution is 6.30. The maximum absolute atomic E-state index is 11.9. The number of halogens is 1.